The van der Waals surface area contributed by atoms with Crippen molar-refractivity contribution in [3.63, 3.8) is 0 Å². The van der Waals surface area contributed by atoms with E-state index in [0.717, 1.165) is 0 Å². The predicted octanol–water partition coefficient (Wildman–Crippen LogP) is 3.12. The van der Waals surface area contributed by atoms with E-state index in [2.05, 4.69) is 15.6 Å². The molecule has 31 heavy (non-hydrogen) atoms. The molecule has 1 aromatic carbocycles. The first-order valence-electron chi connectivity index (χ1n) is 9.44. The van der Waals surface area contributed by atoms with E-state index in [1.54, 1.807) is 42.9 Å². The van der Waals surface area contributed by atoms with Crippen molar-refractivity contribution in [2.75, 3.05) is 7.11 Å². The van der Waals surface area contributed by atoms with Crippen LogP contribution < -0.4 is 10.1 Å². The molecule has 9 nitrogen and oxygen atoms in total. The first-order chi connectivity index (χ1) is 14.6. The summed E-state index contributed by atoms with van der Waals surface area (Å²) in [6.07, 6.45) is 1.78. The summed E-state index contributed by atoms with van der Waals surface area (Å²) in [5, 5.41) is 30.4. The molecule has 0 saturated carbocycles. The number of methoxy groups -OCH3 is 1. The average molecular weight is 444 g/mol. The molecule has 162 valence electrons. The summed E-state index contributed by atoms with van der Waals surface area (Å²) in [5.41, 5.74) is 0.487. The summed E-state index contributed by atoms with van der Waals surface area (Å²) < 4.78 is 12.0. The van der Waals surface area contributed by atoms with Crippen LogP contribution in [0.5, 0.6) is 5.75 Å². The maximum Gasteiger partial charge on any atom is 0.273 e. The van der Waals surface area contributed by atoms with Gasteiger partial charge in [0.25, 0.3) is 5.91 Å². The zero-order chi connectivity index (χ0) is 22.8. The number of nitrogens with zero attached hydrogens (tertiary/aromatic N) is 4. The van der Waals surface area contributed by atoms with Crippen molar-refractivity contribution in [1.29, 1.82) is 5.26 Å². The Morgan fingerprint density at radius 2 is 2.19 bits per heavy atom. The first-order valence-corrected chi connectivity index (χ1v) is 9.82. The van der Waals surface area contributed by atoms with Crippen molar-refractivity contribution in [3.05, 3.63) is 52.5 Å². The molecule has 3 rings (SSSR count). The van der Waals surface area contributed by atoms with Crippen LogP contribution in [0.25, 0.3) is 11.3 Å². The highest BCUT2D eigenvalue weighted by molar-refractivity contribution is 6.32. The highest BCUT2D eigenvalue weighted by atomic mass is 35.5. The van der Waals surface area contributed by atoms with Crippen molar-refractivity contribution in [3.8, 4) is 23.1 Å². The van der Waals surface area contributed by atoms with Crippen molar-refractivity contribution < 1.29 is 19.2 Å². The number of aromatic nitrogens is 3. The first kappa shape index (κ1) is 22.3. The van der Waals surface area contributed by atoms with Gasteiger partial charge < -0.3 is 19.7 Å². The number of nitriles is 1. The third kappa shape index (κ3) is 5.05. The number of amides is 1. The molecule has 0 spiro atoms. The highest BCUT2D eigenvalue weighted by Gasteiger charge is 2.24. The molecule has 0 radical (unpaired) electrons. The van der Waals surface area contributed by atoms with E-state index < -0.39 is 11.5 Å². The van der Waals surface area contributed by atoms with E-state index in [-0.39, 0.29) is 28.1 Å². The molecule has 2 heterocycles. The Morgan fingerprint density at radius 1 is 1.45 bits per heavy atom. The fraction of sp³-hybridized carbons (Fsp3) is 0.333. The number of hydrogen-bond donors (Lipinski definition) is 2. The smallest absolute Gasteiger partial charge is 0.273 e. The molecule has 0 saturated heterocycles. The van der Waals surface area contributed by atoms with E-state index in [1.807, 2.05) is 13.0 Å². The van der Waals surface area contributed by atoms with Gasteiger partial charge in [-0.1, -0.05) is 16.8 Å². The SMILES string of the molecule is COc1cc(-c2ccn(C[C@H](C)NC(=O)c3cc(C(C)(C)O)on3)n2)cc(Cl)c1C#N. The molecule has 0 bridgehead atoms. The van der Waals surface area contributed by atoms with Gasteiger partial charge in [-0.25, -0.2) is 0 Å². The molecule has 2 aromatic heterocycles. The quantitative estimate of drug-likeness (QED) is 0.574. The zero-order valence-corrected chi connectivity index (χ0v) is 18.3. The number of nitrogens with one attached hydrogen (secondary N) is 1. The van der Waals surface area contributed by atoms with E-state index in [0.29, 0.717) is 23.6 Å². The van der Waals surface area contributed by atoms with E-state index in [9.17, 15) is 15.2 Å². The second-order valence-electron chi connectivity index (χ2n) is 7.58. The Morgan fingerprint density at radius 3 is 2.81 bits per heavy atom. The Bertz CT molecular complexity index is 1140. The van der Waals surface area contributed by atoms with Crippen LogP contribution >= 0.6 is 11.6 Å². The summed E-state index contributed by atoms with van der Waals surface area (Å²) in [5.74, 6) is 0.166. The normalized spacial score (nSPS) is 12.3. The fourth-order valence-corrected chi connectivity index (χ4v) is 3.16. The van der Waals surface area contributed by atoms with Gasteiger partial charge in [0.1, 0.15) is 23.0 Å². The van der Waals surface area contributed by atoms with Gasteiger partial charge in [0.2, 0.25) is 0 Å². The molecule has 0 unspecified atom stereocenters. The Hall–Kier alpha value is -3.35. The maximum atomic E-state index is 12.4. The molecular weight excluding hydrogens is 422 g/mol. The number of benzene rings is 1. The molecule has 2 N–H and O–H groups in total. The Kier molecular flexibility index (Phi) is 6.34. The Balaban J connectivity index is 1.68. The van der Waals surface area contributed by atoms with Gasteiger partial charge in [0.15, 0.2) is 11.5 Å². The molecule has 0 aliphatic heterocycles. The van der Waals surface area contributed by atoms with Gasteiger partial charge in [0.05, 0.1) is 24.4 Å². The van der Waals surface area contributed by atoms with Gasteiger partial charge in [-0.15, -0.1) is 0 Å². The van der Waals surface area contributed by atoms with Crippen LogP contribution in [0.2, 0.25) is 5.02 Å². The number of rotatable bonds is 7. The fourth-order valence-electron chi connectivity index (χ4n) is 2.91. The standard InChI is InChI=1S/C21H22ClN5O4/c1-12(24-20(28)17-9-19(31-26-17)21(2,3)29)11-27-6-5-16(25-27)13-7-15(22)14(10-23)18(8-13)30-4/h5-9,12,29H,11H2,1-4H3,(H,24,28)/t12-/m0/s1. The van der Waals surface area contributed by atoms with Crippen molar-refractivity contribution in [1.82, 2.24) is 20.3 Å². The number of ether oxygens (including phenoxy) is 1. The molecule has 3 aromatic rings. The summed E-state index contributed by atoms with van der Waals surface area (Å²) in [6, 6.07) is 8.33. The monoisotopic (exact) mass is 443 g/mol. The van der Waals surface area contributed by atoms with Gasteiger partial charge in [0, 0.05) is 23.9 Å². The number of carbonyl (C=O) groups is 1. The number of hydrogen-bond acceptors (Lipinski definition) is 7. The van der Waals surface area contributed by atoms with Crippen LogP contribution in [0.4, 0.5) is 0 Å². The summed E-state index contributed by atoms with van der Waals surface area (Å²) >= 11 is 6.19. The molecular formula is C21H22ClN5O4. The van der Waals surface area contributed by atoms with Crippen LogP contribution in [0.15, 0.2) is 35.0 Å². The second-order valence-corrected chi connectivity index (χ2v) is 7.99. The third-order valence-electron chi connectivity index (χ3n) is 4.51. The van der Waals surface area contributed by atoms with Crippen LogP contribution in [0, 0.1) is 11.3 Å². The predicted molar refractivity (Wildman–Crippen MR) is 113 cm³/mol. The molecule has 1 amide bonds. The minimum atomic E-state index is -1.22. The largest absolute Gasteiger partial charge is 0.495 e. The van der Waals surface area contributed by atoms with Crippen LogP contribution in [0.3, 0.4) is 0 Å². The lowest BCUT2D eigenvalue weighted by molar-refractivity contribution is 0.0474. The van der Waals surface area contributed by atoms with Crippen LogP contribution in [-0.2, 0) is 12.1 Å². The van der Waals surface area contributed by atoms with E-state index >= 15 is 0 Å². The van der Waals surface area contributed by atoms with Gasteiger partial charge >= 0.3 is 0 Å². The average Bonchev–Trinajstić information content (AvgIpc) is 3.36. The third-order valence-corrected chi connectivity index (χ3v) is 4.80. The second kappa shape index (κ2) is 8.79. The summed E-state index contributed by atoms with van der Waals surface area (Å²) in [7, 11) is 1.47. The molecule has 0 fully saturated rings. The molecule has 0 aliphatic rings. The highest BCUT2D eigenvalue weighted by Crippen LogP contribution is 2.32. The molecule has 1 atom stereocenters. The number of halogens is 1. The topological polar surface area (TPSA) is 126 Å². The number of carbonyl (C=O) groups excluding carboxylic acids is 1. The summed E-state index contributed by atoms with van der Waals surface area (Å²) in [4.78, 5) is 12.4. The zero-order valence-electron chi connectivity index (χ0n) is 17.5. The minimum Gasteiger partial charge on any atom is -0.495 e. The summed E-state index contributed by atoms with van der Waals surface area (Å²) in [6.45, 7) is 5.33. The van der Waals surface area contributed by atoms with Crippen LogP contribution in [-0.4, -0.2) is 39.1 Å². The van der Waals surface area contributed by atoms with Crippen LogP contribution in [0.1, 0.15) is 42.6 Å². The lowest BCUT2D eigenvalue weighted by Crippen LogP contribution is -2.36. The van der Waals surface area contributed by atoms with E-state index in [4.69, 9.17) is 20.9 Å². The molecule has 10 heteroatoms. The lowest BCUT2D eigenvalue weighted by Gasteiger charge is -2.13. The van der Waals surface area contributed by atoms with E-state index in [1.165, 1.54) is 13.2 Å². The van der Waals surface area contributed by atoms with Gasteiger partial charge in [-0.05, 0) is 39.0 Å². The van der Waals surface area contributed by atoms with Crippen molar-refractivity contribution in [2.24, 2.45) is 0 Å². The molecule has 0 aliphatic carbocycles. The number of aliphatic hydroxyl groups is 1. The maximum absolute atomic E-state index is 12.4. The van der Waals surface area contributed by atoms with Gasteiger partial charge in [-0.3, -0.25) is 9.48 Å². The lowest BCUT2D eigenvalue weighted by atomic mass is 10.1. The van der Waals surface area contributed by atoms with Crippen molar-refractivity contribution >= 4 is 17.5 Å². The Labute approximate surface area is 184 Å². The van der Waals surface area contributed by atoms with Crippen molar-refractivity contribution in [2.45, 2.75) is 39.0 Å². The van der Waals surface area contributed by atoms with Gasteiger partial charge in [-0.2, -0.15) is 10.4 Å². The minimum absolute atomic E-state index is 0.0875.